The van der Waals surface area contributed by atoms with E-state index in [9.17, 15) is 29.6 Å². The van der Waals surface area contributed by atoms with Gasteiger partial charge in [0.1, 0.15) is 40.4 Å². The number of aliphatic imine (C=N–C) groups is 1. The summed E-state index contributed by atoms with van der Waals surface area (Å²) in [6.45, 7) is 3.77. The first-order valence-electron chi connectivity index (χ1n) is 17.1. The van der Waals surface area contributed by atoms with Gasteiger partial charge in [-0.1, -0.05) is 31.0 Å². The molecule has 17 heteroatoms. The molecule has 3 amide bonds. The fourth-order valence-electron chi connectivity index (χ4n) is 6.26. The molecule has 0 bridgehead atoms. The van der Waals surface area contributed by atoms with E-state index >= 15 is 0 Å². The van der Waals surface area contributed by atoms with Crippen molar-refractivity contribution in [3.05, 3.63) is 85.9 Å². The Morgan fingerprint density at radius 3 is 2.26 bits per heavy atom. The molecule has 0 spiro atoms. The molecule has 0 aliphatic carbocycles. The summed E-state index contributed by atoms with van der Waals surface area (Å²) in [7, 11) is 5.92. The van der Waals surface area contributed by atoms with E-state index in [4.69, 9.17) is 40.4 Å². The van der Waals surface area contributed by atoms with Crippen LogP contribution in [0.1, 0.15) is 59.8 Å². The summed E-state index contributed by atoms with van der Waals surface area (Å²) >= 11 is 6.34. The van der Waals surface area contributed by atoms with E-state index in [1.165, 1.54) is 34.5 Å². The van der Waals surface area contributed by atoms with E-state index in [1.54, 1.807) is 37.3 Å². The number of hydrogen-bond donors (Lipinski definition) is 3. The number of hydrogen-bond acceptors (Lipinski definition) is 12. The molecule has 54 heavy (non-hydrogen) atoms. The zero-order valence-corrected chi connectivity index (χ0v) is 31.6. The van der Waals surface area contributed by atoms with Crippen LogP contribution >= 0.6 is 11.6 Å². The van der Waals surface area contributed by atoms with E-state index in [0.29, 0.717) is 52.0 Å². The Morgan fingerprint density at radius 1 is 1.00 bits per heavy atom. The third kappa shape index (κ3) is 9.48. The maximum Gasteiger partial charge on any atom is 0.342 e. The van der Waals surface area contributed by atoms with Crippen LogP contribution in [0.4, 0.5) is 10.5 Å². The number of benzene rings is 3. The molecule has 3 aromatic carbocycles. The van der Waals surface area contributed by atoms with Gasteiger partial charge in [0, 0.05) is 35.2 Å². The number of aromatic carboxylic acids is 1. The lowest BCUT2D eigenvalue weighted by atomic mass is 9.96. The topological polar surface area (TPSA) is 200 Å². The maximum absolute atomic E-state index is 14.9. The van der Waals surface area contributed by atoms with Gasteiger partial charge in [-0.3, -0.25) is 35.1 Å². The van der Waals surface area contributed by atoms with Gasteiger partial charge in [0.2, 0.25) is 5.91 Å². The number of nitro benzene ring substituents is 1. The highest BCUT2D eigenvalue weighted by atomic mass is 35.5. The molecule has 290 valence electrons. The Morgan fingerprint density at radius 2 is 1.69 bits per heavy atom. The van der Waals surface area contributed by atoms with E-state index in [2.05, 4.69) is 10.8 Å². The minimum Gasteiger partial charge on any atom is -0.496 e. The Hall–Kier alpha value is -5.61. The van der Waals surface area contributed by atoms with Gasteiger partial charge in [-0.15, -0.1) is 0 Å². The van der Waals surface area contributed by atoms with E-state index < -0.39 is 52.1 Å². The van der Waals surface area contributed by atoms with E-state index in [1.807, 2.05) is 6.92 Å². The fraction of sp³-hybridized carbons (Fsp3) is 0.405. The number of hydroxylamine groups is 1. The van der Waals surface area contributed by atoms with Crippen LogP contribution in [-0.2, 0) is 22.5 Å². The summed E-state index contributed by atoms with van der Waals surface area (Å²) in [4.78, 5) is 63.8. The van der Waals surface area contributed by atoms with Crippen molar-refractivity contribution in [3.63, 3.8) is 0 Å². The molecule has 0 radical (unpaired) electrons. The molecule has 0 aromatic heterocycles. The van der Waals surface area contributed by atoms with Gasteiger partial charge in [-0.25, -0.2) is 9.59 Å². The molecular weight excluding hydrogens is 726 g/mol. The minimum absolute atomic E-state index is 0.0533. The highest BCUT2D eigenvalue weighted by molar-refractivity contribution is 6.30. The number of ether oxygens (including phenoxy) is 4. The Labute approximate surface area is 317 Å². The second-order valence-electron chi connectivity index (χ2n) is 12.2. The molecule has 1 heterocycles. The second kappa shape index (κ2) is 18.9. The van der Waals surface area contributed by atoms with Gasteiger partial charge in [-0.2, -0.15) is 0 Å². The van der Waals surface area contributed by atoms with Crippen LogP contribution < -0.4 is 29.7 Å². The predicted molar refractivity (Wildman–Crippen MR) is 199 cm³/mol. The van der Waals surface area contributed by atoms with Crippen LogP contribution in [0.2, 0.25) is 5.02 Å². The van der Waals surface area contributed by atoms with Crippen LogP contribution in [-0.4, -0.2) is 86.3 Å². The van der Waals surface area contributed by atoms with Crippen molar-refractivity contribution >= 4 is 41.0 Å². The lowest BCUT2D eigenvalue weighted by Gasteiger charge is -2.33. The number of imide groups is 1. The Bertz CT molecular complexity index is 1860. The van der Waals surface area contributed by atoms with Gasteiger partial charge in [0.15, 0.2) is 0 Å². The van der Waals surface area contributed by atoms with Crippen molar-refractivity contribution in [2.75, 3.05) is 41.6 Å². The zero-order chi connectivity index (χ0) is 39.5. The lowest BCUT2D eigenvalue weighted by Crippen LogP contribution is -2.57. The average Bonchev–Trinajstić information content (AvgIpc) is 3.28. The van der Waals surface area contributed by atoms with Crippen molar-refractivity contribution < 1.29 is 48.2 Å². The van der Waals surface area contributed by atoms with Crippen LogP contribution in [0.15, 0.2) is 53.5 Å². The van der Waals surface area contributed by atoms with Crippen molar-refractivity contribution in [3.8, 4) is 23.0 Å². The summed E-state index contributed by atoms with van der Waals surface area (Å²) < 4.78 is 22.4. The molecule has 3 aromatic rings. The van der Waals surface area contributed by atoms with Crippen molar-refractivity contribution in [1.29, 1.82) is 0 Å². The third-order valence-corrected chi connectivity index (χ3v) is 9.12. The highest BCUT2D eigenvalue weighted by Gasteiger charge is 2.42. The number of nitrogens with one attached hydrogen (secondary N) is 2. The predicted octanol–water partition coefficient (Wildman–Crippen LogP) is 5.78. The van der Waals surface area contributed by atoms with Gasteiger partial charge in [-0.05, 0) is 55.2 Å². The molecule has 16 nitrogen and oxygen atoms in total. The summed E-state index contributed by atoms with van der Waals surface area (Å²) in [5, 5.41) is 24.8. The van der Waals surface area contributed by atoms with Gasteiger partial charge in [0.05, 0.1) is 58.5 Å². The van der Waals surface area contributed by atoms with E-state index in [-0.39, 0.29) is 37.4 Å². The van der Waals surface area contributed by atoms with Crippen LogP contribution in [0.5, 0.6) is 23.0 Å². The minimum atomic E-state index is -1.47. The largest absolute Gasteiger partial charge is 0.496 e. The number of carbonyl (C=O) groups excluding carboxylic acids is 2. The lowest BCUT2D eigenvalue weighted by molar-refractivity contribution is -0.385. The first kappa shape index (κ1) is 41.2. The molecule has 1 aliphatic rings. The number of nitrogens with zero attached hydrogens (tertiary/aromatic N) is 3. The SMILES string of the molecule is CCC[C@@H](NC(=O)N1C(=O)[C@@H](Cc2cc(Cl)ccc2OC)CN=C(NOCC)[C@@H]1Cc1c(OC)cc(OC)cc1OC)c1ccc(C(=O)O)c([N+](=O)[O-])c1. The molecule has 1 aliphatic heterocycles. The highest BCUT2D eigenvalue weighted by Crippen LogP contribution is 2.37. The first-order valence-corrected chi connectivity index (χ1v) is 17.5. The molecular formula is C37H44ClN5O11. The van der Waals surface area contributed by atoms with Crippen LogP contribution in [0, 0.1) is 16.0 Å². The van der Waals surface area contributed by atoms with Crippen LogP contribution in [0.25, 0.3) is 0 Å². The molecule has 0 saturated carbocycles. The zero-order valence-electron chi connectivity index (χ0n) is 30.8. The quantitative estimate of drug-likeness (QED) is 0.117. The molecule has 3 N–H and O–H groups in total. The Balaban J connectivity index is 1.88. The smallest absolute Gasteiger partial charge is 0.342 e. The number of rotatable bonds is 16. The van der Waals surface area contributed by atoms with Crippen molar-refractivity contribution in [2.45, 2.75) is 51.6 Å². The second-order valence-corrected chi connectivity index (χ2v) is 12.6. The normalized spacial score (nSPS) is 16.1. The standard InChI is InChI=1S/C37H44ClN5O11/c1-7-9-28(21-10-12-26(36(45)46)29(16-21)43(48)49)40-37(47)42-30(19-27-32(52-5)17-25(50-3)18-33(27)53-6)34(41-54-8-2)39-20-23(35(42)44)14-22-15-24(38)11-13-31(22)51-4/h10-13,15-18,23,28,30H,7-9,14,19-20H2,1-6H3,(H,39,41)(H,40,47)(H,45,46)/t23-,28+,30-/m0/s1. The number of halogens is 1. The number of carbonyl (C=O) groups is 3. The number of carboxylic acid groups (broad SMARTS) is 1. The molecule has 3 atom stereocenters. The van der Waals surface area contributed by atoms with Gasteiger partial charge in [0.25, 0.3) is 5.69 Å². The fourth-order valence-corrected chi connectivity index (χ4v) is 6.46. The molecule has 0 unspecified atom stereocenters. The molecule has 4 rings (SSSR count). The number of carboxylic acids is 1. The van der Waals surface area contributed by atoms with Crippen molar-refractivity contribution in [2.24, 2.45) is 10.9 Å². The number of methoxy groups -OCH3 is 4. The van der Waals surface area contributed by atoms with Crippen LogP contribution in [0.3, 0.4) is 0 Å². The average molecular weight is 770 g/mol. The third-order valence-electron chi connectivity index (χ3n) is 8.89. The summed E-state index contributed by atoms with van der Waals surface area (Å²) in [6, 6.07) is 9.14. The molecule has 0 fully saturated rings. The summed E-state index contributed by atoms with van der Waals surface area (Å²) in [6.07, 6.45) is 0.857. The first-order chi connectivity index (χ1) is 25.9. The summed E-state index contributed by atoms with van der Waals surface area (Å²) in [5.74, 6) is -1.15. The number of urea groups is 1. The molecule has 0 saturated heterocycles. The number of amidine groups is 1. The van der Waals surface area contributed by atoms with Crippen molar-refractivity contribution in [1.82, 2.24) is 15.7 Å². The summed E-state index contributed by atoms with van der Waals surface area (Å²) in [5.41, 5.74) is 3.09. The number of amides is 3. The number of nitro groups is 1. The maximum atomic E-state index is 14.9. The Kier molecular flexibility index (Phi) is 14.4. The van der Waals surface area contributed by atoms with Gasteiger partial charge < -0.3 is 29.4 Å². The van der Waals surface area contributed by atoms with Gasteiger partial charge >= 0.3 is 12.0 Å². The van der Waals surface area contributed by atoms with E-state index in [0.717, 1.165) is 17.0 Å². The monoisotopic (exact) mass is 769 g/mol.